The predicted octanol–water partition coefficient (Wildman–Crippen LogP) is 6.62. The Kier molecular flexibility index (Phi) is 5.39. The van der Waals surface area contributed by atoms with Gasteiger partial charge in [-0.2, -0.15) is 0 Å². The second-order valence-electron chi connectivity index (χ2n) is 7.10. The van der Waals surface area contributed by atoms with Crippen molar-refractivity contribution in [2.45, 2.75) is 20.1 Å². The van der Waals surface area contributed by atoms with Gasteiger partial charge in [-0.05, 0) is 55.0 Å². The molecule has 0 fully saturated rings. The molecule has 0 aliphatic carbocycles. The zero-order valence-corrected chi connectivity index (χ0v) is 16.9. The number of hydrogen-bond acceptors (Lipinski definition) is 3. The Morgan fingerprint density at radius 1 is 0.621 bits per heavy atom. The third-order valence-corrected chi connectivity index (χ3v) is 4.91. The summed E-state index contributed by atoms with van der Waals surface area (Å²) in [6.45, 7) is 4.11. The van der Waals surface area contributed by atoms with Crippen LogP contribution in [0.2, 0.25) is 0 Å². The summed E-state index contributed by atoms with van der Waals surface area (Å²) in [6, 6.07) is 28.1. The average molecular weight is 384 g/mol. The topological polar surface area (TPSA) is 27.7 Å². The molecule has 0 aliphatic rings. The standard InChI is InChI=1S/C26H24O3/c1-18-8-13-21(14-9-18)28-26(29-22-15-10-19(2)11-16-22)25-23-7-5-4-6-20(23)12-17-24(25)27-3/h4-17,26H,1-3H3. The van der Waals surface area contributed by atoms with Crippen LogP contribution in [0, 0.1) is 13.8 Å². The lowest BCUT2D eigenvalue weighted by Gasteiger charge is -2.24. The predicted molar refractivity (Wildman–Crippen MR) is 117 cm³/mol. The molecule has 0 aromatic heterocycles. The summed E-state index contributed by atoms with van der Waals surface area (Å²) >= 11 is 0. The van der Waals surface area contributed by atoms with E-state index in [1.165, 1.54) is 11.1 Å². The van der Waals surface area contributed by atoms with Crippen LogP contribution in [0.5, 0.6) is 17.2 Å². The van der Waals surface area contributed by atoms with Gasteiger partial charge in [-0.15, -0.1) is 0 Å². The van der Waals surface area contributed by atoms with E-state index >= 15 is 0 Å². The van der Waals surface area contributed by atoms with Crippen molar-refractivity contribution in [2.75, 3.05) is 7.11 Å². The van der Waals surface area contributed by atoms with Gasteiger partial charge in [-0.1, -0.05) is 65.7 Å². The van der Waals surface area contributed by atoms with E-state index in [-0.39, 0.29) is 0 Å². The summed E-state index contributed by atoms with van der Waals surface area (Å²) in [7, 11) is 1.67. The van der Waals surface area contributed by atoms with E-state index in [0.717, 1.165) is 33.6 Å². The van der Waals surface area contributed by atoms with Crippen LogP contribution in [0.4, 0.5) is 0 Å². The maximum atomic E-state index is 6.34. The Morgan fingerprint density at radius 2 is 1.17 bits per heavy atom. The summed E-state index contributed by atoms with van der Waals surface area (Å²) in [5.41, 5.74) is 3.22. The molecule has 4 rings (SSSR count). The van der Waals surface area contributed by atoms with Crippen molar-refractivity contribution in [3.8, 4) is 17.2 Å². The molecule has 0 aliphatic heterocycles. The number of benzene rings is 4. The normalized spacial score (nSPS) is 10.9. The van der Waals surface area contributed by atoms with Crippen LogP contribution >= 0.6 is 0 Å². The molecule has 0 unspecified atom stereocenters. The maximum absolute atomic E-state index is 6.34. The first kappa shape index (κ1) is 18.9. The Bertz CT molecular complexity index is 1050. The molecule has 0 saturated carbocycles. The fraction of sp³-hybridized carbons (Fsp3) is 0.154. The molecule has 0 bridgehead atoms. The second-order valence-corrected chi connectivity index (χ2v) is 7.10. The quantitative estimate of drug-likeness (QED) is 0.350. The fourth-order valence-electron chi connectivity index (χ4n) is 3.32. The Hall–Kier alpha value is -3.46. The van der Waals surface area contributed by atoms with Crippen LogP contribution in [0.1, 0.15) is 23.0 Å². The smallest absolute Gasteiger partial charge is 0.271 e. The van der Waals surface area contributed by atoms with Crippen molar-refractivity contribution in [1.82, 2.24) is 0 Å². The summed E-state index contributed by atoms with van der Waals surface area (Å²) in [6.07, 6.45) is -0.665. The van der Waals surface area contributed by atoms with Crippen LogP contribution in [0.15, 0.2) is 84.9 Å². The summed E-state index contributed by atoms with van der Waals surface area (Å²) in [5, 5.41) is 2.14. The number of ether oxygens (including phenoxy) is 3. The maximum Gasteiger partial charge on any atom is 0.271 e. The van der Waals surface area contributed by atoms with Crippen molar-refractivity contribution in [1.29, 1.82) is 0 Å². The number of fused-ring (bicyclic) bond motifs is 1. The Morgan fingerprint density at radius 3 is 1.72 bits per heavy atom. The van der Waals surface area contributed by atoms with E-state index in [0.29, 0.717) is 0 Å². The van der Waals surface area contributed by atoms with Crippen LogP contribution < -0.4 is 14.2 Å². The molecule has 29 heavy (non-hydrogen) atoms. The zero-order valence-electron chi connectivity index (χ0n) is 16.9. The molecular weight excluding hydrogens is 360 g/mol. The molecule has 0 spiro atoms. The lowest BCUT2D eigenvalue weighted by Crippen LogP contribution is -2.16. The van der Waals surface area contributed by atoms with Gasteiger partial charge >= 0.3 is 0 Å². The van der Waals surface area contributed by atoms with Gasteiger partial charge in [-0.3, -0.25) is 0 Å². The molecule has 0 heterocycles. The SMILES string of the molecule is COc1ccc2ccccc2c1C(Oc1ccc(C)cc1)Oc1ccc(C)cc1. The Labute approximate surface area is 171 Å². The van der Waals surface area contributed by atoms with Gasteiger partial charge in [0.2, 0.25) is 0 Å². The number of aryl methyl sites for hydroxylation is 2. The number of methoxy groups -OCH3 is 1. The van der Waals surface area contributed by atoms with Gasteiger partial charge in [0, 0.05) is 0 Å². The van der Waals surface area contributed by atoms with E-state index < -0.39 is 6.29 Å². The van der Waals surface area contributed by atoms with Gasteiger partial charge in [0.15, 0.2) is 0 Å². The van der Waals surface area contributed by atoms with Crippen molar-refractivity contribution in [2.24, 2.45) is 0 Å². The number of rotatable bonds is 6. The van der Waals surface area contributed by atoms with Crippen LogP contribution in [0.3, 0.4) is 0 Å². The van der Waals surface area contributed by atoms with Crippen molar-refractivity contribution >= 4 is 10.8 Å². The molecule has 4 aromatic rings. The first-order chi connectivity index (χ1) is 14.1. The monoisotopic (exact) mass is 384 g/mol. The molecule has 4 aromatic carbocycles. The first-order valence-electron chi connectivity index (χ1n) is 9.66. The summed E-state index contributed by atoms with van der Waals surface area (Å²) < 4.78 is 18.4. The van der Waals surface area contributed by atoms with Crippen molar-refractivity contribution in [3.05, 3.63) is 102 Å². The molecule has 0 radical (unpaired) electrons. The fourth-order valence-corrected chi connectivity index (χ4v) is 3.32. The highest BCUT2D eigenvalue weighted by Crippen LogP contribution is 2.37. The van der Waals surface area contributed by atoms with Gasteiger partial charge < -0.3 is 14.2 Å². The Balaban J connectivity index is 1.81. The third kappa shape index (κ3) is 4.19. The largest absolute Gasteiger partial charge is 0.496 e. The van der Waals surface area contributed by atoms with Crippen LogP contribution in [-0.2, 0) is 0 Å². The highest BCUT2D eigenvalue weighted by atomic mass is 16.7. The molecule has 0 N–H and O–H groups in total. The molecule has 3 heteroatoms. The second kappa shape index (κ2) is 8.27. The van der Waals surface area contributed by atoms with Crippen molar-refractivity contribution in [3.63, 3.8) is 0 Å². The van der Waals surface area contributed by atoms with E-state index in [1.54, 1.807) is 7.11 Å². The van der Waals surface area contributed by atoms with E-state index in [2.05, 4.69) is 26.0 Å². The molecule has 3 nitrogen and oxygen atoms in total. The minimum atomic E-state index is -0.665. The lowest BCUT2D eigenvalue weighted by molar-refractivity contribution is 0.00333. The molecular formula is C26H24O3. The van der Waals surface area contributed by atoms with E-state index in [9.17, 15) is 0 Å². The highest BCUT2D eigenvalue weighted by Gasteiger charge is 2.23. The van der Waals surface area contributed by atoms with Crippen LogP contribution in [0.25, 0.3) is 10.8 Å². The summed E-state index contributed by atoms with van der Waals surface area (Å²) in [4.78, 5) is 0. The van der Waals surface area contributed by atoms with Crippen LogP contribution in [-0.4, -0.2) is 7.11 Å². The molecule has 0 amide bonds. The zero-order chi connectivity index (χ0) is 20.2. The van der Waals surface area contributed by atoms with Gasteiger partial charge in [0.25, 0.3) is 6.29 Å². The molecule has 146 valence electrons. The average Bonchev–Trinajstić information content (AvgIpc) is 2.75. The number of hydrogen-bond donors (Lipinski definition) is 0. The van der Waals surface area contributed by atoms with Crippen molar-refractivity contribution < 1.29 is 14.2 Å². The lowest BCUT2D eigenvalue weighted by atomic mass is 10.0. The minimum Gasteiger partial charge on any atom is -0.496 e. The molecule has 0 saturated heterocycles. The summed E-state index contributed by atoms with van der Waals surface area (Å²) in [5.74, 6) is 2.21. The molecule has 0 atom stereocenters. The van der Waals surface area contributed by atoms with E-state index in [1.807, 2.05) is 72.8 Å². The van der Waals surface area contributed by atoms with Gasteiger partial charge in [-0.25, -0.2) is 0 Å². The van der Waals surface area contributed by atoms with E-state index in [4.69, 9.17) is 14.2 Å². The minimum absolute atomic E-state index is 0.665. The van der Waals surface area contributed by atoms with Gasteiger partial charge in [0.1, 0.15) is 17.2 Å². The van der Waals surface area contributed by atoms with Gasteiger partial charge in [0.05, 0.1) is 12.7 Å². The first-order valence-corrected chi connectivity index (χ1v) is 9.66. The third-order valence-electron chi connectivity index (χ3n) is 4.91. The highest BCUT2D eigenvalue weighted by molar-refractivity contribution is 5.88.